The molecule has 0 saturated heterocycles. The Morgan fingerprint density at radius 1 is 1.67 bits per heavy atom. The Labute approximate surface area is 110 Å². The first-order chi connectivity index (χ1) is 8.60. The number of thioether (sulfide) groups is 1. The van der Waals surface area contributed by atoms with Crippen LogP contribution in [-0.4, -0.2) is 39.5 Å². The molecule has 1 aromatic heterocycles. The van der Waals surface area contributed by atoms with Crippen LogP contribution in [0.25, 0.3) is 0 Å². The third-order valence-electron chi connectivity index (χ3n) is 2.50. The Kier molecular flexibility index (Phi) is 5.93. The summed E-state index contributed by atoms with van der Waals surface area (Å²) in [5.41, 5.74) is 5.03. The Balaban J connectivity index is 2.53. The molecule has 4 N–H and O–H groups in total. The van der Waals surface area contributed by atoms with Crippen molar-refractivity contribution in [1.82, 2.24) is 20.1 Å². The molecule has 0 aromatic carbocycles. The summed E-state index contributed by atoms with van der Waals surface area (Å²) in [4.78, 5) is 22.5. The summed E-state index contributed by atoms with van der Waals surface area (Å²) in [6.45, 7) is 2.64. The highest BCUT2D eigenvalue weighted by Gasteiger charge is 2.14. The Morgan fingerprint density at radius 2 is 2.39 bits per heavy atom. The second-order valence-electron chi connectivity index (χ2n) is 3.84. The van der Waals surface area contributed by atoms with E-state index in [2.05, 4.69) is 15.5 Å². The van der Waals surface area contributed by atoms with Crippen molar-refractivity contribution in [3.63, 3.8) is 0 Å². The van der Waals surface area contributed by atoms with Crippen LogP contribution < -0.4 is 16.7 Å². The highest BCUT2D eigenvalue weighted by molar-refractivity contribution is 7.99. The number of amides is 1. The monoisotopic (exact) mass is 273 g/mol. The van der Waals surface area contributed by atoms with E-state index in [9.17, 15) is 9.59 Å². The van der Waals surface area contributed by atoms with Crippen molar-refractivity contribution in [1.29, 1.82) is 0 Å². The van der Waals surface area contributed by atoms with E-state index < -0.39 is 0 Å². The van der Waals surface area contributed by atoms with E-state index in [0.29, 0.717) is 23.9 Å². The molecule has 1 heterocycles. The van der Waals surface area contributed by atoms with Crippen LogP contribution in [0.1, 0.15) is 19.8 Å². The maximum Gasteiger partial charge on any atom is 0.343 e. The number of nitrogens with one attached hydrogen (secondary N) is 2. The van der Waals surface area contributed by atoms with Crippen LogP contribution in [0.4, 0.5) is 0 Å². The van der Waals surface area contributed by atoms with E-state index in [1.807, 2.05) is 6.92 Å². The van der Waals surface area contributed by atoms with Gasteiger partial charge in [-0.05, 0) is 19.9 Å². The number of aromatic amines is 1. The molecule has 0 bridgehead atoms. The highest BCUT2D eigenvalue weighted by Crippen LogP contribution is 2.15. The minimum absolute atomic E-state index is 0.195. The van der Waals surface area contributed by atoms with Crippen molar-refractivity contribution >= 4 is 17.7 Å². The number of nitrogens with two attached hydrogens (primary N) is 1. The van der Waals surface area contributed by atoms with Gasteiger partial charge in [0.1, 0.15) is 0 Å². The fourth-order valence-corrected chi connectivity index (χ4v) is 2.51. The van der Waals surface area contributed by atoms with Crippen molar-refractivity contribution in [2.45, 2.75) is 37.5 Å². The van der Waals surface area contributed by atoms with Crippen molar-refractivity contribution < 1.29 is 4.79 Å². The standard InChI is InChI=1S/C10H19N5O2S/c1-3-5-15-9(17)13-14-10(15)18-6-4-7(12-2)8(11)16/h7,12H,3-6H2,1-2H3,(H2,11,16)(H,13,17). The van der Waals surface area contributed by atoms with Crippen LogP contribution in [-0.2, 0) is 11.3 Å². The molecule has 0 fully saturated rings. The highest BCUT2D eigenvalue weighted by atomic mass is 32.2. The molecule has 1 aromatic rings. The van der Waals surface area contributed by atoms with Crippen LogP contribution in [0.3, 0.4) is 0 Å². The zero-order chi connectivity index (χ0) is 13.5. The smallest absolute Gasteiger partial charge is 0.343 e. The average molecular weight is 273 g/mol. The number of H-pyrrole nitrogens is 1. The summed E-state index contributed by atoms with van der Waals surface area (Å²) in [5.74, 6) is 0.300. The van der Waals surface area contributed by atoms with Gasteiger partial charge in [0.25, 0.3) is 0 Å². The lowest BCUT2D eigenvalue weighted by Gasteiger charge is -2.11. The van der Waals surface area contributed by atoms with Crippen LogP contribution in [0, 0.1) is 0 Å². The molecule has 8 heteroatoms. The van der Waals surface area contributed by atoms with Crippen LogP contribution in [0.2, 0.25) is 0 Å². The van der Waals surface area contributed by atoms with E-state index in [1.54, 1.807) is 11.6 Å². The maximum atomic E-state index is 11.4. The molecular formula is C10H19N5O2S. The normalized spacial score (nSPS) is 12.6. The number of carbonyl (C=O) groups excluding carboxylic acids is 1. The number of primary amides is 1. The summed E-state index contributed by atoms with van der Waals surface area (Å²) in [6, 6.07) is -0.345. The van der Waals surface area contributed by atoms with E-state index in [0.717, 1.165) is 6.42 Å². The number of hydrogen-bond acceptors (Lipinski definition) is 5. The van der Waals surface area contributed by atoms with Crippen LogP contribution in [0.5, 0.6) is 0 Å². The number of aromatic nitrogens is 3. The molecule has 7 nitrogen and oxygen atoms in total. The summed E-state index contributed by atoms with van der Waals surface area (Å²) < 4.78 is 1.60. The quantitative estimate of drug-likeness (QED) is 0.556. The second kappa shape index (κ2) is 7.22. The van der Waals surface area contributed by atoms with Gasteiger partial charge in [-0.15, -0.1) is 5.10 Å². The fraction of sp³-hybridized carbons (Fsp3) is 0.700. The van der Waals surface area contributed by atoms with Crippen molar-refractivity contribution in [3.8, 4) is 0 Å². The average Bonchev–Trinajstić information content (AvgIpc) is 2.67. The topological polar surface area (TPSA) is 106 Å². The van der Waals surface area contributed by atoms with Gasteiger partial charge < -0.3 is 11.1 Å². The first kappa shape index (κ1) is 14.8. The van der Waals surface area contributed by atoms with Gasteiger partial charge in [0.05, 0.1) is 6.04 Å². The predicted octanol–water partition coefficient (Wildman–Crippen LogP) is -0.463. The molecule has 0 spiro atoms. The lowest BCUT2D eigenvalue weighted by molar-refractivity contribution is -0.119. The van der Waals surface area contributed by atoms with Gasteiger partial charge in [0.2, 0.25) is 5.91 Å². The first-order valence-electron chi connectivity index (χ1n) is 5.84. The van der Waals surface area contributed by atoms with Crippen molar-refractivity contribution in [2.75, 3.05) is 12.8 Å². The van der Waals surface area contributed by atoms with Gasteiger partial charge in [-0.1, -0.05) is 18.7 Å². The summed E-state index contributed by atoms with van der Waals surface area (Å²) in [6.07, 6.45) is 1.47. The Hall–Kier alpha value is -1.28. The third kappa shape index (κ3) is 3.88. The van der Waals surface area contributed by atoms with Crippen LogP contribution in [0.15, 0.2) is 9.95 Å². The first-order valence-corrected chi connectivity index (χ1v) is 6.83. The largest absolute Gasteiger partial charge is 0.368 e. The summed E-state index contributed by atoms with van der Waals surface area (Å²) in [5, 5.41) is 9.88. The second-order valence-corrected chi connectivity index (χ2v) is 4.91. The van der Waals surface area contributed by atoms with Crippen molar-refractivity contribution in [3.05, 3.63) is 10.5 Å². The third-order valence-corrected chi connectivity index (χ3v) is 3.51. The lowest BCUT2D eigenvalue weighted by atomic mass is 10.2. The van der Waals surface area contributed by atoms with Gasteiger partial charge in [-0.25, -0.2) is 9.89 Å². The molecule has 1 amide bonds. The molecule has 0 radical (unpaired) electrons. The van der Waals surface area contributed by atoms with Gasteiger partial charge in [0, 0.05) is 12.3 Å². The van der Waals surface area contributed by atoms with Gasteiger partial charge in [0.15, 0.2) is 5.16 Å². The van der Waals surface area contributed by atoms with Crippen molar-refractivity contribution in [2.24, 2.45) is 5.73 Å². The summed E-state index contributed by atoms with van der Waals surface area (Å²) >= 11 is 1.44. The molecule has 0 aliphatic rings. The van der Waals surface area contributed by atoms with E-state index in [1.165, 1.54) is 11.8 Å². The number of hydrogen-bond donors (Lipinski definition) is 3. The molecule has 1 unspecified atom stereocenters. The lowest BCUT2D eigenvalue weighted by Crippen LogP contribution is -2.39. The zero-order valence-corrected chi connectivity index (χ0v) is 11.4. The van der Waals surface area contributed by atoms with Gasteiger partial charge in [-0.2, -0.15) is 0 Å². The molecule has 1 atom stereocenters. The minimum Gasteiger partial charge on any atom is -0.368 e. The van der Waals surface area contributed by atoms with Crippen LogP contribution >= 0.6 is 11.8 Å². The zero-order valence-electron chi connectivity index (χ0n) is 10.6. The van der Waals surface area contributed by atoms with Gasteiger partial charge in [-0.3, -0.25) is 9.36 Å². The molecule has 18 heavy (non-hydrogen) atoms. The predicted molar refractivity (Wildman–Crippen MR) is 70.5 cm³/mol. The van der Waals surface area contributed by atoms with E-state index in [-0.39, 0.29) is 17.6 Å². The molecule has 1 rings (SSSR count). The minimum atomic E-state index is -0.369. The number of likely N-dealkylation sites (N-methyl/N-ethyl adjacent to an activating group) is 1. The molecule has 0 saturated carbocycles. The fourth-order valence-electron chi connectivity index (χ4n) is 1.53. The molecular weight excluding hydrogens is 254 g/mol. The van der Waals surface area contributed by atoms with Gasteiger partial charge >= 0.3 is 5.69 Å². The Bertz CT molecular complexity index is 442. The number of rotatable bonds is 8. The summed E-state index contributed by atoms with van der Waals surface area (Å²) in [7, 11) is 1.70. The van der Waals surface area contributed by atoms with E-state index in [4.69, 9.17) is 5.73 Å². The SMILES string of the molecule is CCCn1c(SCCC(NC)C(N)=O)n[nH]c1=O. The molecule has 0 aliphatic heterocycles. The molecule has 102 valence electrons. The van der Waals surface area contributed by atoms with E-state index >= 15 is 0 Å². The molecule has 0 aliphatic carbocycles. The number of carbonyl (C=O) groups is 1. The Morgan fingerprint density at radius 3 is 2.94 bits per heavy atom. The maximum absolute atomic E-state index is 11.4. The number of nitrogens with zero attached hydrogens (tertiary/aromatic N) is 2.